The van der Waals surface area contributed by atoms with Crippen LogP contribution in [0.2, 0.25) is 0 Å². The van der Waals surface area contributed by atoms with E-state index in [1.54, 1.807) is 0 Å². The lowest BCUT2D eigenvalue weighted by atomic mass is 9.95. The molecule has 4 rings (SSSR count). The number of carboxylic acid groups (broad SMARTS) is 1. The molecule has 3 aromatic rings. The van der Waals surface area contributed by atoms with Gasteiger partial charge in [0.25, 0.3) is 0 Å². The van der Waals surface area contributed by atoms with Gasteiger partial charge in [0.1, 0.15) is 0 Å². The lowest BCUT2D eigenvalue weighted by molar-refractivity contribution is -0.136. The second-order valence-electron chi connectivity index (χ2n) is 7.92. The molecule has 2 aromatic carbocycles. The summed E-state index contributed by atoms with van der Waals surface area (Å²) in [6.45, 7) is 2.28. The number of aliphatic carboxylic acids is 1. The number of hydrogen-bond acceptors (Lipinski definition) is 3. The topological polar surface area (TPSA) is 49.3 Å². The van der Waals surface area contributed by atoms with Crippen molar-refractivity contribution in [2.45, 2.75) is 57.0 Å². The van der Waals surface area contributed by atoms with Crippen molar-refractivity contribution in [2.24, 2.45) is 0 Å². The van der Waals surface area contributed by atoms with E-state index in [0.29, 0.717) is 24.4 Å². The van der Waals surface area contributed by atoms with Crippen LogP contribution < -0.4 is 5.32 Å². The molecule has 1 saturated carbocycles. The van der Waals surface area contributed by atoms with Crippen molar-refractivity contribution < 1.29 is 9.90 Å². The maximum Gasteiger partial charge on any atom is 0.303 e. The summed E-state index contributed by atoms with van der Waals surface area (Å²) in [6, 6.07) is 18.1. The number of hydrogen-bond donors (Lipinski definition) is 2. The SMILES string of the molecule is CC(N[C@H]1CC[C@H](c2ccc(CCC(=O)O)cc2)C1)c1csc2ccccc12. The van der Waals surface area contributed by atoms with Crippen molar-refractivity contribution >= 4 is 27.4 Å². The van der Waals surface area contributed by atoms with Crippen molar-refractivity contribution in [3.05, 3.63) is 70.6 Å². The lowest BCUT2D eigenvalue weighted by Gasteiger charge is -2.20. The van der Waals surface area contributed by atoms with Crippen LogP contribution in [0, 0.1) is 0 Å². The van der Waals surface area contributed by atoms with E-state index in [1.807, 2.05) is 11.3 Å². The molecule has 1 fully saturated rings. The number of aryl methyl sites for hydroxylation is 1. The predicted octanol–water partition coefficient (Wildman–Crippen LogP) is 5.91. The molecule has 0 bridgehead atoms. The van der Waals surface area contributed by atoms with Gasteiger partial charge in [-0.1, -0.05) is 42.5 Å². The fourth-order valence-electron chi connectivity index (χ4n) is 4.42. The number of carbonyl (C=O) groups is 1. The molecule has 0 aliphatic heterocycles. The Morgan fingerprint density at radius 1 is 1.18 bits per heavy atom. The van der Waals surface area contributed by atoms with Gasteiger partial charge in [-0.15, -0.1) is 11.3 Å². The first-order valence-corrected chi connectivity index (χ1v) is 11.0. The molecule has 3 atom stereocenters. The summed E-state index contributed by atoms with van der Waals surface area (Å²) in [5.74, 6) is -0.140. The molecule has 4 heteroatoms. The molecule has 28 heavy (non-hydrogen) atoms. The van der Waals surface area contributed by atoms with E-state index in [4.69, 9.17) is 5.11 Å². The first-order valence-electron chi connectivity index (χ1n) is 10.1. The lowest BCUT2D eigenvalue weighted by Crippen LogP contribution is -2.29. The van der Waals surface area contributed by atoms with Gasteiger partial charge < -0.3 is 10.4 Å². The van der Waals surface area contributed by atoms with Crippen molar-refractivity contribution in [1.29, 1.82) is 0 Å². The van der Waals surface area contributed by atoms with Gasteiger partial charge >= 0.3 is 5.97 Å². The zero-order valence-electron chi connectivity index (χ0n) is 16.2. The van der Waals surface area contributed by atoms with Crippen LogP contribution in [0.15, 0.2) is 53.9 Å². The van der Waals surface area contributed by atoms with Crippen molar-refractivity contribution in [3.8, 4) is 0 Å². The Labute approximate surface area is 170 Å². The summed E-state index contributed by atoms with van der Waals surface area (Å²) in [6.07, 6.45) is 4.39. The minimum atomic E-state index is -0.735. The molecule has 1 heterocycles. The molecule has 1 aromatic heterocycles. The Hall–Kier alpha value is -2.17. The van der Waals surface area contributed by atoms with E-state index >= 15 is 0 Å². The third-order valence-corrected chi connectivity index (χ3v) is 6.96. The highest BCUT2D eigenvalue weighted by molar-refractivity contribution is 7.17. The number of carboxylic acids is 1. The van der Waals surface area contributed by atoms with Crippen LogP contribution in [0.4, 0.5) is 0 Å². The van der Waals surface area contributed by atoms with E-state index in [9.17, 15) is 4.79 Å². The molecule has 1 unspecified atom stereocenters. The Balaban J connectivity index is 1.35. The predicted molar refractivity (Wildman–Crippen MR) is 116 cm³/mol. The number of benzene rings is 2. The molecule has 0 saturated heterocycles. The monoisotopic (exact) mass is 393 g/mol. The largest absolute Gasteiger partial charge is 0.481 e. The third kappa shape index (κ3) is 4.29. The van der Waals surface area contributed by atoms with Crippen LogP contribution in [0.1, 0.15) is 61.3 Å². The Morgan fingerprint density at radius 2 is 1.96 bits per heavy atom. The molecule has 0 amide bonds. The highest BCUT2D eigenvalue weighted by Crippen LogP contribution is 2.37. The average molecular weight is 394 g/mol. The summed E-state index contributed by atoms with van der Waals surface area (Å²) in [4.78, 5) is 10.7. The van der Waals surface area contributed by atoms with Crippen molar-refractivity contribution in [3.63, 3.8) is 0 Å². The van der Waals surface area contributed by atoms with Gasteiger partial charge in [-0.05, 0) is 72.0 Å². The molecule has 0 radical (unpaired) electrons. The van der Waals surface area contributed by atoms with Gasteiger partial charge in [0.05, 0.1) is 0 Å². The Kier molecular flexibility index (Phi) is 5.79. The van der Waals surface area contributed by atoms with Crippen molar-refractivity contribution in [1.82, 2.24) is 5.32 Å². The standard InChI is InChI=1S/C24H27NO2S/c1-16(22-15-28-23-5-3-2-4-21(22)23)25-20-12-11-19(14-20)18-9-6-17(7-10-18)8-13-24(26)27/h2-7,9-10,15-16,19-20,25H,8,11-14H2,1H3,(H,26,27)/t16?,19-,20-/m0/s1. The summed E-state index contributed by atoms with van der Waals surface area (Å²) >= 11 is 1.83. The summed E-state index contributed by atoms with van der Waals surface area (Å²) in [5.41, 5.74) is 3.90. The Bertz CT molecular complexity index is 947. The summed E-state index contributed by atoms with van der Waals surface area (Å²) < 4.78 is 1.36. The molecular formula is C24H27NO2S. The molecular weight excluding hydrogens is 366 g/mol. The fourth-order valence-corrected chi connectivity index (χ4v) is 5.48. The van der Waals surface area contributed by atoms with Crippen LogP contribution in [0.25, 0.3) is 10.1 Å². The summed E-state index contributed by atoms with van der Waals surface area (Å²) in [7, 11) is 0. The summed E-state index contributed by atoms with van der Waals surface area (Å²) in [5, 5.41) is 16.4. The third-order valence-electron chi connectivity index (χ3n) is 5.97. The van der Waals surface area contributed by atoms with E-state index in [2.05, 4.69) is 66.2 Å². The average Bonchev–Trinajstić information content (AvgIpc) is 3.34. The van der Waals surface area contributed by atoms with Gasteiger partial charge in [-0.2, -0.15) is 0 Å². The number of fused-ring (bicyclic) bond motifs is 1. The smallest absolute Gasteiger partial charge is 0.303 e. The highest BCUT2D eigenvalue weighted by atomic mass is 32.1. The maximum absolute atomic E-state index is 10.7. The second-order valence-corrected chi connectivity index (χ2v) is 8.83. The zero-order valence-corrected chi connectivity index (χ0v) is 17.0. The van der Waals surface area contributed by atoms with Gasteiger partial charge in [0.2, 0.25) is 0 Å². The minimum Gasteiger partial charge on any atom is -0.481 e. The Morgan fingerprint density at radius 3 is 2.75 bits per heavy atom. The molecule has 146 valence electrons. The number of thiophene rings is 1. The van der Waals surface area contributed by atoms with Gasteiger partial charge in [-0.3, -0.25) is 4.79 Å². The van der Waals surface area contributed by atoms with Gasteiger partial charge in [-0.25, -0.2) is 0 Å². The minimum absolute atomic E-state index is 0.198. The fraction of sp³-hybridized carbons (Fsp3) is 0.375. The van der Waals surface area contributed by atoms with E-state index in [0.717, 1.165) is 5.56 Å². The van der Waals surface area contributed by atoms with Crippen molar-refractivity contribution in [2.75, 3.05) is 0 Å². The maximum atomic E-state index is 10.7. The van der Waals surface area contributed by atoms with Gasteiger partial charge in [0, 0.05) is 23.2 Å². The molecule has 2 N–H and O–H groups in total. The zero-order chi connectivity index (χ0) is 19.5. The number of nitrogens with one attached hydrogen (secondary N) is 1. The van der Waals surface area contributed by atoms with Crippen LogP contribution in [0.3, 0.4) is 0 Å². The first kappa shape index (κ1) is 19.2. The quantitative estimate of drug-likeness (QED) is 0.525. The molecule has 0 spiro atoms. The van der Waals surface area contributed by atoms with E-state index in [-0.39, 0.29) is 6.42 Å². The van der Waals surface area contributed by atoms with Crippen LogP contribution >= 0.6 is 11.3 Å². The van der Waals surface area contributed by atoms with Crippen LogP contribution in [-0.2, 0) is 11.2 Å². The van der Waals surface area contributed by atoms with Crippen LogP contribution in [-0.4, -0.2) is 17.1 Å². The second kappa shape index (κ2) is 8.46. The molecule has 1 aliphatic rings. The van der Waals surface area contributed by atoms with Crippen LogP contribution in [0.5, 0.6) is 0 Å². The number of rotatable bonds is 7. The molecule has 3 nitrogen and oxygen atoms in total. The van der Waals surface area contributed by atoms with E-state index < -0.39 is 5.97 Å². The highest BCUT2D eigenvalue weighted by Gasteiger charge is 2.27. The van der Waals surface area contributed by atoms with Gasteiger partial charge in [0.15, 0.2) is 0 Å². The first-order chi connectivity index (χ1) is 13.6. The van der Waals surface area contributed by atoms with E-state index in [1.165, 1.54) is 40.5 Å². The normalized spacial score (nSPS) is 20.5. The molecule has 1 aliphatic carbocycles.